The summed E-state index contributed by atoms with van der Waals surface area (Å²) in [6.45, 7) is 5.07. The highest BCUT2D eigenvalue weighted by Crippen LogP contribution is 2.31. The predicted octanol–water partition coefficient (Wildman–Crippen LogP) is 7.51. The molecule has 1 aliphatic carbocycles. The molecule has 0 saturated heterocycles. The molecule has 34 heavy (non-hydrogen) atoms. The smallest absolute Gasteiger partial charge is 0.212 e. The van der Waals surface area contributed by atoms with Crippen molar-refractivity contribution in [1.29, 1.82) is 0 Å². The van der Waals surface area contributed by atoms with Crippen LogP contribution in [0.5, 0.6) is 0 Å². The van der Waals surface area contributed by atoms with Crippen molar-refractivity contribution in [2.75, 3.05) is 0 Å². The van der Waals surface area contributed by atoms with Gasteiger partial charge in [0.25, 0.3) is 0 Å². The Balaban J connectivity index is 0.000000197. The number of aryl methyl sites for hydroxylation is 2. The zero-order valence-electron chi connectivity index (χ0n) is 21.6. The molecule has 1 N–H and O–H groups in total. The molecule has 1 aliphatic rings. The Hall–Kier alpha value is -2.29. The van der Waals surface area contributed by atoms with E-state index in [4.69, 9.17) is 0 Å². The molecule has 3 aromatic rings. The van der Waals surface area contributed by atoms with Crippen LogP contribution in [-0.2, 0) is 12.8 Å². The molecule has 0 aliphatic heterocycles. The lowest BCUT2D eigenvalue weighted by atomic mass is 9.32. The van der Waals surface area contributed by atoms with E-state index in [0.29, 0.717) is 6.71 Å². The van der Waals surface area contributed by atoms with Crippen molar-refractivity contribution in [1.82, 2.24) is 9.97 Å². The summed E-state index contributed by atoms with van der Waals surface area (Å²) in [5.74, 6) is 0.818. The molecule has 2 nitrogen and oxygen atoms in total. The van der Waals surface area contributed by atoms with E-state index in [1.165, 1.54) is 99.4 Å². The molecule has 182 valence electrons. The lowest BCUT2D eigenvalue weighted by Gasteiger charge is -2.28. The SMILES string of the molecule is CCCCCc1nc[nH]c1CCCCC.c1ccc(B(c2ccccc2)C2CCCCC2)cc1. The van der Waals surface area contributed by atoms with Crippen LogP contribution < -0.4 is 10.9 Å². The van der Waals surface area contributed by atoms with Crippen LogP contribution in [0.15, 0.2) is 67.0 Å². The number of imidazole rings is 1. The number of nitrogens with one attached hydrogen (secondary N) is 1. The van der Waals surface area contributed by atoms with Gasteiger partial charge in [0.2, 0.25) is 6.71 Å². The normalized spacial score (nSPS) is 13.8. The Morgan fingerprint density at radius 1 is 0.735 bits per heavy atom. The first kappa shape index (κ1) is 26.3. The largest absolute Gasteiger partial charge is 0.348 e. The highest BCUT2D eigenvalue weighted by atomic mass is 14.9. The van der Waals surface area contributed by atoms with Gasteiger partial charge in [-0.15, -0.1) is 0 Å². The molecular formula is C31H45BN2. The number of nitrogens with zero attached hydrogens (tertiary/aromatic N) is 1. The van der Waals surface area contributed by atoms with E-state index in [-0.39, 0.29) is 0 Å². The van der Waals surface area contributed by atoms with E-state index in [2.05, 4.69) is 84.5 Å². The van der Waals surface area contributed by atoms with Gasteiger partial charge in [-0.2, -0.15) is 0 Å². The van der Waals surface area contributed by atoms with Gasteiger partial charge in [-0.25, -0.2) is 4.98 Å². The summed E-state index contributed by atoms with van der Waals surface area (Å²) in [7, 11) is 0. The van der Waals surface area contributed by atoms with Crippen molar-refractivity contribution in [3.8, 4) is 0 Å². The van der Waals surface area contributed by atoms with E-state index >= 15 is 0 Å². The first-order valence-corrected chi connectivity index (χ1v) is 13.9. The van der Waals surface area contributed by atoms with E-state index in [0.717, 1.165) is 12.2 Å². The van der Waals surface area contributed by atoms with Crippen LogP contribution in [0.1, 0.15) is 95.9 Å². The first-order valence-electron chi connectivity index (χ1n) is 13.9. The molecule has 0 radical (unpaired) electrons. The second-order valence-electron chi connectivity index (χ2n) is 9.94. The van der Waals surface area contributed by atoms with Crippen molar-refractivity contribution < 1.29 is 0 Å². The fraction of sp³-hybridized carbons (Fsp3) is 0.516. The van der Waals surface area contributed by atoms with Crippen molar-refractivity contribution in [3.63, 3.8) is 0 Å². The molecule has 1 heterocycles. The average Bonchev–Trinajstić information content (AvgIpc) is 3.34. The van der Waals surface area contributed by atoms with Crippen LogP contribution in [0.3, 0.4) is 0 Å². The van der Waals surface area contributed by atoms with Crippen molar-refractivity contribution in [3.05, 3.63) is 78.4 Å². The minimum Gasteiger partial charge on any atom is -0.348 e. The van der Waals surface area contributed by atoms with Crippen LogP contribution in [0, 0.1) is 0 Å². The molecular weight excluding hydrogens is 411 g/mol. The monoisotopic (exact) mass is 456 g/mol. The topological polar surface area (TPSA) is 28.7 Å². The highest BCUT2D eigenvalue weighted by molar-refractivity contribution is 6.86. The zero-order chi connectivity index (χ0) is 23.8. The maximum atomic E-state index is 4.41. The Labute approximate surface area is 209 Å². The predicted molar refractivity (Wildman–Crippen MR) is 150 cm³/mol. The van der Waals surface area contributed by atoms with Gasteiger partial charge < -0.3 is 4.98 Å². The fourth-order valence-corrected chi connectivity index (χ4v) is 5.40. The van der Waals surface area contributed by atoms with Gasteiger partial charge in [-0.3, -0.25) is 0 Å². The maximum Gasteiger partial charge on any atom is 0.212 e. The van der Waals surface area contributed by atoms with Crippen LogP contribution in [0.4, 0.5) is 0 Å². The van der Waals surface area contributed by atoms with Gasteiger partial charge in [0.1, 0.15) is 0 Å². The Bertz CT molecular complexity index is 820. The summed E-state index contributed by atoms with van der Waals surface area (Å²) in [6.07, 6.45) is 19.0. The third-order valence-corrected chi connectivity index (χ3v) is 7.29. The minimum absolute atomic E-state index is 0.586. The third-order valence-electron chi connectivity index (χ3n) is 7.29. The second-order valence-corrected chi connectivity index (χ2v) is 9.94. The number of aromatic nitrogens is 2. The van der Waals surface area contributed by atoms with Crippen LogP contribution in [0.2, 0.25) is 5.82 Å². The Morgan fingerprint density at radius 3 is 1.85 bits per heavy atom. The van der Waals surface area contributed by atoms with Gasteiger partial charge in [-0.1, -0.05) is 149 Å². The summed E-state index contributed by atoms with van der Waals surface area (Å²) < 4.78 is 0. The molecule has 3 heteroatoms. The number of unbranched alkanes of at least 4 members (excludes halogenated alkanes) is 4. The molecule has 0 atom stereocenters. The number of rotatable bonds is 11. The quantitative estimate of drug-likeness (QED) is 0.235. The summed E-state index contributed by atoms with van der Waals surface area (Å²) in [5, 5.41) is 0. The van der Waals surface area contributed by atoms with Gasteiger partial charge in [0.05, 0.1) is 12.0 Å². The van der Waals surface area contributed by atoms with Crippen molar-refractivity contribution in [2.45, 2.75) is 103 Å². The van der Waals surface area contributed by atoms with Gasteiger partial charge in [0, 0.05) is 5.69 Å². The average molecular weight is 457 g/mol. The van der Waals surface area contributed by atoms with Crippen molar-refractivity contribution >= 4 is 17.6 Å². The molecule has 4 rings (SSSR count). The molecule has 1 saturated carbocycles. The third kappa shape index (κ3) is 8.49. The molecule has 0 unspecified atom stereocenters. The van der Waals surface area contributed by atoms with E-state index in [1.807, 2.05) is 6.33 Å². The zero-order valence-corrected chi connectivity index (χ0v) is 21.6. The van der Waals surface area contributed by atoms with E-state index < -0.39 is 0 Å². The lowest BCUT2D eigenvalue weighted by molar-refractivity contribution is 0.499. The molecule has 0 spiro atoms. The van der Waals surface area contributed by atoms with Crippen LogP contribution >= 0.6 is 0 Å². The number of benzene rings is 2. The molecule has 1 fully saturated rings. The molecule has 1 aromatic heterocycles. The number of hydrogen-bond donors (Lipinski definition) is 1. The second kappa shape index (κ2) is 15.6. The van der Waals surface area contributed by atoms with Gasteiger partial charge in [-0.05, 0) is 25.7 Å². The molecule has 2 aromatic carbocycles. The molecule has 0 bridgehead atoms. The minimum atomic E-state index is 0.586. The van der Waals surface area contributed by atoms with Crippen LogP contribution in [0.25, 0.3) is 0 Å². The fourth-order valence-electron chi connectivity index (χ4n) is 5.40. The van der Waals surface area contributed by atoms with E-state index in [9.17, 15) is 0 Å². The Kier molecular flexibility index (Phi) is 12.1. The summed E-state index contributed by atoms with van der Waals surface area (Å²) >= 11 is 0. The number of H-pyrrole nitrogens is 1. The van der Waals surface area contributed by atoms with Crippen molar-refractivity contribution in [2.24, 2.45) is 0 Å². The Morgan fingerprint density at radius 2 is 1.29 bits per heavy atom. The summed E-state index contributed by atoms with van der Waals surface area (Å²) in [6, 6.07) is 22.1. The van der Waals surface area contributed by atoms with Gasteiger partial charge >= 0.3 is 0 Å². The summed E-state index contributed by atoms with van der Waals surface area (Å²) in [4.78, 5) is 7.69. The van der Waals surface area contributed by atoms with E-state index in [1.54, 1.807) is 0 Å². The lowest BCUT2D eigenvalue weighted by Crippen LogP contribution is -2.46. The number of hydrogen-bond acceptors (Lipinski definition) is 1. The number of aromatic amines is 1. The summed E-state index contributed by atoms with van der Waals surface area (Å²) in [5.41, 5.74) is 5.65. The highest BCUT2D eigenvalue weighted by Gasteiger charge is 2.29. The standard InChI is InChI=1S/C18H21B.C13H24N2/c1-4-10-16(11-5-1)19(17-12-6-2-7-13-17)18-14-8-3-9-15-18;1-3-5-7-9-12-13(15-11-14-12)10-8-6-4-2/h1-2,4-7,10-13,18H,3,8-9,14-15H2;11H,3-10H2,1-2H3,(H,14,15). The maximum absolute atomic E-state index is 4.41. The first-order chi connectivity index (χ1) is 16.8. The molecule has 0 amide bonds. The van der Waals surface area contributed by atoms with Gasteiger partial charge in [0.15, 0.2) is 0 Å². The van der Waals surface area contributed by atoms with Crippen LogP contribution in [-0.4, -0.2) is 16.7 Å².